The Morgan fingerprint density at radius 1 is 1.07 bits per heavy atom. The molecule has 0 atom stereocenters. The number of benzene rings is 2. The van der Waals surface area contributed by atoms with Crippen LogP contribution in [0, 0.1) is 6.92 Å². The molecule has 2 aromatic carbocycles. The number of nitrogens with one attached hydrogen (secondary N) is 3. The molecule has 148 valence electrons. The summed E-state index contributed by atoms with van der Waals surface area (Å²) >= 11 is 4.97. The fraction of sp³-hybridized carbons (Fsp3) is 0.0952. The Labute approximate surface area is 172 Å². The molecule has 0 spiro atoms. The lowest BCUT2D eigenvalue weighted by Gasteiger charge is -2.11. The lowest BCUT2D eigenvalue weighted by Crippen LogP contribution is -2.49. The van der Waals surface area contributed by atoms with Crippen LogP contribution in [0.5, 0.6) is 5.75 Å². The number of ether oxygens (including phenoxy) is 1. The number of hydrazine groups is 1. The number of hydrogen-bond donors (Lipinski definition) is 3. The number of carbonyl (C=O) groups excluding carboxylic acids is 2. The van der Waals surface area contributed by atoms with Crippen LogP contribution in [-0.2, 0) is 9.59 Å². The molecule has 0 fully saturated rings. The number of carbonyl (C=O) groups is 2. The molecule has 0 aliphatic heterocycles. The second kappa shape index (κ2) is 9.52. The topological polar surface area (TPSA) is 92.6 Å². The number of fused-ring (bicyclic) bond motifs is 1. The van der Waals surface area contributed by atoms with Crippen molar-refractivity contribution >= 4 is 46.0 Å². The molecule has 3 N–H and O–H groups in total. The minimum Gasteiger partial charge on any atom is -0.483 e. The van der Waals surface area contributed by atoms with E-state index in [-0.39, 0.29) is 11.7 Å². The highest BCUT2D eigenvalue weighted by Gasteiger charge is 2.07. The van der Waals surface area contributed by atoms with Crippen LogP contribution >= 0.6 is 12.2 Å². The lowest BCUT2D eigenvalue weighted by atomic mass is 10.1. The highest BCUT2D eigenvalue weighted by molar-refractivity contribution is 7.80. The van der Waals surface area contributed by atoms with E-state index in [2.05, 4.69) is 16.2 Å². The number of furan rings is 1. The van der Waals surface area contributed by atoms with Crippen molar-refractivity contribution in [2.75, 3.05) is 6.61 Å². The van der Waals surface area contributed by atoms with Crippen LogP contribution in [0.25, 0.3) is 16.8 Å². The minimum absolute atomic E-state index is 0.0474. The molecule has 0 radical (unpaired) electrons. The van der Waals surface area contributed by atoms with E-state index in [0.717, 1.165) is 16.5 Å². The van der Waals surface area contributed by atoms with Crippen molar-refractivity contribution in [2.45, 2.75) is 6.92 Å². The molecule has 3 aromatic rings. The van der Waals surface area contributed by atoms with E-state index >= 15 is 0 Å². The molecule has 0 saturated carbocycles. The second-order valence-electron chi connectivity index (χ2n) is 6.04. The Hall–Kier alpha value is -3.65. The molecule has 0 aliphatic rings. The van der Waals surface area contributed by atoms with Gasteiger partial charge in [-0.25, -0.2) is 0 Å². The minimum atomic E-state index is -0.460. The predicted molar refractivity (Wildman–Crippen MR) is 114 cm³/mol. The SMILES string of the molecule is Cc1ccc(C=CC(=O)NC(=S)NNC(=O)COc2cccc3ccccc23)o1. The monoisotopic (exact) mass is 409 g/mol. The molecule has 1 heterocycles. The summed E-state index contributed by atoms with van der Waals surface area (Å²) in [5.74, 6) is 0.993. The number of aryl methyl sites for hydroxylation is 1. The summed E-state index contributed by atoms with van der Waals surface area (Å²) in [5, 5.41) is 4.29. The molecule has 0 bridgehead atoms. The fourth-order valence-electron chi connectivity index (χ4n) is 2.51. The van der Waals surface area contributed by atoms with Crippen LogP contribution in [0.15, 0.2) is 65.1 Å². The van der Waals surface area contributed by atoms with Crippen molar-refractivity contribution in [2.24, 2.45) is 0 Å². The summed E-state index contributed by atoms with van der Waals surface area (Å²) in [6, 6.07) is 16.9. The van der Waals surface area contributed by atoms with Gasteiger partial charge in [-0.05, 0) is 48.8 Å². The van der Waals surface area contributed by atoms with Crippen LogP contribution in [0.2, 0.25) is 0 Å². The lowest BCUT2D eigenvalue weighted by molar-refractivity contribution is -0.123. The van der Waals surface area contributed by atoms with Crippen LogP contribution in [-0.4, -0.2) is 23.5 Å². The number of amides is 2. The fourth-order valence-corrected chi connectivity index (χ4v) is 2.66. The highest BCUT2D eigenvalue weighted by Crippen LogP contribution is 2.24. The molecule has 3 rings (SSSR count). The van der Waals surface area contributed by atoms with E-state index in [9.17, 15) is 9.59 Å². The van der Waals surface area contributed by atoms with Crippen LogP contribution < -0.4 is 20.9 Å². The average Bonchev–Trinajstić information content (AvgIpc) is 3.14. The van der Waals surface area contributed by atoms with Crippen LogP contribution in [0.3, 0.4) is 0 Å². The zero-order valence-corrected chi connectivity index (χ0v) is 16.4. The zero-order valence-electron chi connectivity index (χ0n) is 15.6. The Kier molecular flexibility index (Phi) is 6.59. The third-order valence-electron chi connectivity index (χ3n) is 3.82. The number of hydrogen-bond acceptors (Lipinski definition) is 5. The predicted octanol–water partition coefficient (Wildman–Crippen LogP) is 2.86. The third kappa shape index (κ3) is 5.91. The molecular formula is C21H19N3O4S. The van der Waals surface area contributed by atoms with Crippen molar-refractivity contribution in [1.82, 2.24) is 16.2 Å². The maximum absolute atomic E-state index is 12.0. The Bertz CT molecular complexity index is 1070. The van der Waals surface area contributed by atoms with E-state index in [0.29, 0.717) is 11.5 Å². The average molecular weight is 409 g/mol. The normalized spacial score (nSPS) is 10.7. The van der Waals surface area contributed by atoms with Gasteiger partial charge in [-0.15, -0.1) is 0 Å². The molecule has 0 aliphatic carbocycles. The summed E-state index contributed by atoms with van der Waals surface area (Å²) in [7, 11) is 0. The van der Waals surface area contributed by atoms with E-state index in [1.54, 1.807) is 18.2 Å². The summed E-state index contributed by atoms with van der Waals surface area (Å²) in [4.78, 5) is 23.8. The van der Waals surface area contributed by atoms with E-state index in [1.165, 1.54) is 12.2 Å². The molecule has 29 heavy (non-hydrogen) atoms. The highest BCUT2D eigenvalue weighted by atomic mass is 32.1. The van der Waals surface area contributed by atoms with Crippen molar-refractivity contribution in [1.29, 1.82) is 0 Å². The van der Waals surface area contributed by atoms with Gasteiger partial charge in [0.1, 0.15) is 17.3 Å². The van der Waals surface area contributed by atoms with Gasteiger partial charge in [0, 0.05) is 11.5 Å². The van der Waals surface area contributed by atoms with Gasteiger partial charge < -0.3 is 9.15 Å². The van der Waals surface area contributed by atoms with Crippen LogP contribution in [0.4, 0.5) is 0 Å². The first-order valence-electron chi connectivity index (χ1n) is 8.76. The molecular weight excluding hydrogens is 390 g/mol. The molecule has 1 aromatic heterocycles. The van der Waals surface area contributed by atoms with E-state index in [4.69, 9.17) is 21.4 Å². The first kappa shape index (κ1) is 20.1. The zero-order chi connectivity index (χ0) is 20.6. The first-order chi connectivity index (χ1) is 14.0. The molecule has 2 amide bonds. The van der Waals surface area contributed by atoms with Gasteiger partial charge in [0.05, 0.1) is 0 Å². The smallest absolute Gasteiger partial charge is 0.276 e. The van der Waals surface area contributed by atoms with Gasteiger partial charge in [0.2, 0.25) is 5.91 Å². The van der Waals surface area contributed by atoms with E-state index < -0.39 is 11.8 Å². The largest absolute Gasteiger partial charge is 0.483 e. The maximum Gasteiger partial charge on any atom is 0.276 e. The number of rotatable bonds is 5. The van der Waals surface area contributed by atoms with Crippen molar-refractivity contribution in [3.63, 3.8) is 0 Å². The summed E-state index contributed by atoms with van der Waals surface area (Å²) in [5.41, 5.74) is 4.82. The van der Waals surface area contributed by atoms with Gasteiger partial charge in [-0.2, -0.15) is 0 Å². The van der Waals surface area contributed by atoms with Crippen molar-refractivity contribution in [3.8, 4) is 5.75 Å². The standard InChI is InChI=1S/C21H19N3O4S/c1-14-9-10-16(28-14)11-12-19(25)22-21(29)24-23-20(26)13-27-18-8-4-6-15-5-2-3-7-17(15)18/h2-12H,13H2,1H3,(H,23,26)(H2,22,24,25,29). The Morgan fingerprint density at radius 2 is 1.86 bits per heavy atom. The summed E-state index contributed by atoms with van der Waals surface area (Å²) < 4.78 is 10.9. The van der Waals surface area contributed by atoms with Gasteiger partial charge >= 0.3 is 0 Å². The van der Waals surface area contributed by atoms with E-state index in [1.807, 2.05) is 43.3 Å². The molecule has 8 heteroatoms. The second-order valence-corrected chi connectivity index (χ2v) is 6.45. The quantitative estimate of drug-likeness (QED) is 0.341. The molecule has 0 saturated heterocycles. The molecule has 7 nitrogen and oxygen atoms in total. The van der Waals surface area contributed by atoms with Gasteiger partial charge in [-0.1, -0.05) is 36.4 Å². The number of thiocarbonyl (C=S) groups is 1. The summed E-state index contributed by atoms with van der Waals surface area (Å²) in [6.07, 6.45) is 2.79. The third-order valence-corrected chi connectivity index (χ3v) is 4.02. The maximum atomic E-state index is 12.0. The van der Waals surface area contributed by atoms with Gasteiger partial charge in [-0.3, -0.25) is 25.8 Å². The van der Waals surface area contributed by atoms with Crippen molar-refractivity contribution in [3.05, 3.63) is 72.2 Å². The van der Waals surface area contributed by atoms with Crippen LogP contribution in [0.1, 0.15) is 11.5 Å². The first-order valence-corrected chi connectivity index (χ1v) is 9.17. The van der Waals surface area contributed by atoms with Gasteiger partial charge in [0.15, 0.2) is 11.7 Å². The Balaban J connectivity index is 1.42. The van der Waals surface area contributed by atoms with Gasteiger partial charge in [0.25, 0.3) is 5.91 Å². The molecule has 0 unspecified atom stereocenters. The Morgan fingerprint density at radius 3 is 2.66 bits per heavy atom. The summed E-state index contributed by atoms with van der Waals surface area (Å²) in [6.45, 7) is 1.60. The van der Waals surface area contributed by atoms with Crippen molar-refractivity contribution < 1.29 is 18.7 Å².